The van der Waals surface area contributed by atoms with Crippen LogP contribution in [0.5, 0.6) is 0 Å². The predicted molar refractivity (Wildman–Crippen MR) is 135 cm³/mol. The van der Waals surface area contributed by atoms with Crippen LogP contribution in [0.2, 0.25) is 0 Å². The van der Waals surface area contributed by atoms with Crippen molar-refractivity contribution in [3.63, 3.8) is 0 Å². The molecule has 7 nitrogen and oxygen atoms in total. The van der Waals surface area contributed by atoms with Gasteiger partial charge in [-0.25, -0.2) is 9.98 Å². The maximum absolute atomic E-state index is 5.77. The van der Waals surface area contributed by atoms with E-state index in [2.05, 4.69) is 52.9 Å². The van der Waals surface area contributed by atoms with E-state index >= 15 is 0 Å². The summed E-state index contributed by atoms with van der Waals surface area (Å²) in [5, 5.41) is 3.44. The number of aromatic nitrogens is 1. The highest BCUT2D eigenvalue weighted by Crippen LogP contribution is 2.16. The number of anilines is 1. The molecule has 170 valence electrons. The van der Waals surface area contributed by atoms with E-state index in [-0.39, 0.29) is 24.0 Å². The van der Waals surface area contributed by atoms with Crippen LogP contribution in [0.25, 0.3) is 0 Å². The molecule has 3 rings (SSSR count). The van der Waals surface area contributed by atoms with E-state index < -0.39 is 0 Å². The summed E-state index contributed by atoms with van der Waals surface area (Å²) in [6.07, 6.45) is 4.52. The topological polar surface area (TPSA) is 56.2 Å². The largest absolute Gasteiger partial charge is 0.378 e. The molecular weight excluding hydrogens is 491 g/mol. The first-order valence-electron chi connectivity index (χ1n) is 11.3. The van der Waals surface area contributed by atoms with Crippen LogP contribution in [0.1, 0.15) is 39.2 Å². The number of guanidine groups is 1. The molecule has 0 spiro atoms. The molecule has 3 heterocycles. The lowest BCUT2D eigenvalue weighted by molar-refractivity contribution is 0.0263. The van der Waals surface area contributed by atoms with Gasteiger partial charge in [0, 0.05) is 58.6 Å². The number of pyridine rings is 1. The highest BCUT2D eigenvalue weighted by molar-refractivity contribution is 14.0. The Morgan fingerprint density at radius 3 is 2.40 bits per heavy atom. The number of hydrogen-bond donors (Lipinski definition) is 1. The fourth-order valence-corrected chi connectivity index (χ4v) is 4.05. The number of halogens is 1. The molecule has 0 radical (unpaired) electrons. The minimum absolute atomic E-state index is 0. The second kappa shape index (κ2) is 13.3. The summed E-state index contributed by atoms with van der Waals surface area (Å²) in [5.41, 5.74) is 1.15. The van der Waals surface area contributed by atoms with Crippen LogP contribution in [0.15, 0.2) is 23.3 Å². The van der Waals surface area contributed by atoms with Gasteiger partial charge >= 0.3 is 0 Å². The molecule has 0 amide bonds. The van der Waals surface area contributed by atoms with Crippen molar-refractivity contribution in [2.75, 3.05) is 63.9 Å². The number of rotatable bonds is 7. The maximum Gasteiger partial charge on any atom is 0.194 e. The van der Waals surface area contributed by atoms with Gasteiger partial charge in [-0.3, -0.25) is 0 Å². The third kappa shape index (κ3) is 7.23. The highest BCUT2D eigenvalue weighted by atomic mass is 127. The first kappa shape index (κ1) is 25.1. The van der Waals surface area contributed by atoms with E-state index in [1.807, 2.05) is 6.20 Å². The lowest BCUT2D eigenvalue weighted by atomic mass is 10.1. The van der Waals surface area contributed by atoms with E-state index in [1.165, 1.54) is 0 Å². The second-order valence-corrected chi connectivity index (χ2v) is 7.76. The first-order valence-corrected chi connectivity index (χ1v) is 11.3. The van der Waals surface area contributed by atoms with E-state index in [9.17, 15) is 0 Å². The van der Waals surface area contributed by atoms with Crippen molar-refractivity contribution in [3.8, 4) is 0 Å². The molecular formula is C22H39IN6O. The first-order chi connectivity index (χ1) is 14.2. The summed E-state index contributed by atoms with van der Waals surface area (Å²) in [6.45, 7) is 16.2. The van der Waals surface area contributed by atoms with E-state index in [0.29, 0.717) is 12.6 Å². The van der Waals surface area contributed by atoms with Gasteiger partial charge in [-0.1, -0.05) is 13.0 Å². The highest BCUT2D eigenvalue weighted by Gasteiger charge is 2.21. The molecule has 2 fully saturated rings. The normalized spacial score (nSPS) is 19.0. The SMILES string of the molecule is CCNC(=NCc1ccc(N2CCN(CC)CC2)nc1)N1CCC(OCC)CC1.I. The molecule has 0 bridgehead atoms. The zero-order valence-corrected chi connectivity index (χ0v) is 21.2. The molecule has 2 saturated heterocycles. The van der Waals surface area contributed by atoms with Crippen LogP contribution >= 0.6 is 24.0 Å². The quantitative estimate of drug-likeness (QED) is 0.333. The van der Waals surface area contributed by atoms with Gasteiger partial charge in [0.15, 0.2) is 5.96 Å². The molecule has 8 heteroatoms. The Balaban J connectivity index is 0.00000320. The third-order valence-corrected chi connectivity index (χ3v) is 5.84. The average Bonchev–Trinajstić information content (AvgIpc) is 2.78. The standard InChI is InChI=1S/C22H38N6O.HI/c1-4-23-22(28-11-9-20(10-12-28)29-6-3)25-18-19-7-8-21(24-17-19)27-15-13-26(5-2)14-16-27;/h7-8,17,20H,4-6,9-16,18H2,1-3H3,(H,23,25);1H. The summed E-state index contributed by atoms with van der Waals surface area (Å²) in [6, 6.07) is 4.32. The fourth-order valence-electron chi connectivity index (χ4n) is 4.05. The third-order valence-electron chi connectivity index (χ3n) is 5.84. The van der Waals surface area contributed by atoms with Gasteiger partial charge in [0.1, 0.15) is 5.82 Å². The smallest absolute Gasteiger partial charge is 0.194 e. The number of hydrogen-bond acceptors (Lipinski definition) is 5. The van der Waals surface area contributed by atoms with Crippen LogP contribution in [0.3, 0.4) is 0 Å². The number of piperidine rings is 1. The van der Waals surface area contributed by atoms with E-state index in [1.54, 1.807) is 0 Å². The van der Waals surface area contributed by atoms with Gasteiger partial charge in [-0.2, -0.15) is 0 Å². The summed E-state index contributed by atoms with van der Waals surface area (Å²) in [4.78, 5) is 16.8. The predicted octanol–water partition coefficient (Wildman–Crippen LogP) is 2.81. The number of likely N-dealkylation sites (N-methyl/N-ethyl adjacent to an activating group) is 1. The Bertz CT molecular complexity index is 625. The molecule has 1 aromatic heterocycles. The Labute approximate surface area is 199 Å². The van der Waals surface area contributed by atoms with Crippen molar-refractivity contribution < 1.29 is 4.74 Å². The summed E-state index contributed by atoms with van der Waals surface area (Å²) < 4.78 is 5.77. The molecule has 0 atom stereocenters. The van der Waals surface area contributed by atoms with Crippen molar-refractivity contribution in [1.29, 1.82) is 0 Å². The second-order valence-electron chi connectivity index (χ2n) is 7.76. The molecule has 2 aliphatic rings. The average molecular weight is 530 g/mol. The molecule has 0 unspecified atom stereocenters. The Hall–Kier alpha value is -1.13. The lowest BCUT2D eigenvalue weighted by Crippen LogP contribution is -2.47. The van der Waals surface area contributed by atoms with Crippen LogP contribution < -0.4 is 10.2 Å². The zero-order valence-electron chi connectivity index (χ0n) is 18.8. The molecule has 2 aliphatic heterocycles. The minimum atomic E-state index is 0. The summed E-state index contributed by atoms with van der Waals surface area (Å²) >= 11 is 0. The molecule has 0 saturated carbocycles. The number of aliphatic imine (C=N–C) groups is 1. The fraction of sp³-hybridized carbons (Fsp3) is 0.727. The van der Waals surface area contributed by atoms with Crippen molar-refractivity contribution in [1.82, 2.24) is 20.1 Å². The van der Waals surface area contributed by atoms with Crippen LogP contribution in [0.4, 0.5) is 5.82 Å². The van der Waals surface area contributed by atoms with E-state index in [4.69, 9.17) is 14.7 Å². The van der Waals surface area contributed by atoms with Crippen molar-refractivity contribution in [2.45, 2.75) is 46.3 Å². The summed E-state index contributed by atoms with van der Waals surface area (Å²) in [7, 11) is 0. The van der Waals surface area contributed by atoms with Crippen molar-refractivity contribution in [3.05, 3.63) is 23.9 Å². The summed E-state index contributed by atoms with van der Waals surface area (Å²) in [5.74, 6) is 2.08. The number of ether oxygens (including phenoxy) is 1. The molecule has 1 aromatic rings. The Morgan fingerprint density at radius 1 is 1.10 bits per heavy atom. The molecule has 1 N–H and O–H groups in total. The van der Waals surface area contributed by atoms with E-state index in [0.717, 1.165) is 89.1 Å². The van der Waals surface area contributed by atoms with Crippen molar-refractivity contribution in [2.24, 2.45) is 4.99 Å². The van der Waals surface area contributed by atoms with Crippen LogP contribution in [0, 0.1) is 0 Å². The minimum Gasteiger partial charge on any atom is -0.378 e. The Kier molecular flexibility index (Phi) is 11.2. The van der Waals surface area contributed by atoms with Crippen LogP contribution in [-0.2, 0) is 11.3 Å². The maximum atomic E-state index is 5.77. The van der Waals surface area contributed by atoms with Gasteiger partial charge in [-0.15, -0.1) is 24.0 Å². The number of nitrogens with zero attached hydrogens (tertiary/aromatic N) is 5. The van der Waals surface area contributed by atoms with Gasteiger partial charge in [0.2, 0.25) is 0 Å². The van der Waals surface area contributed by atoms with Gasteiger partial charge in [0.25, 0.3) is 0 Å². The number of piperazine rings is 1. The Morgan fingerprint density at radius 2 is 1.83 bits per heavy atom. The van der Waals surface area contributed by atoms with Gasteiger partial charge < -0.3 is 24.8 Å². The van der Waals surface area contributed by atoms with Gasteiger partial charge in [-0.05, 0) is 44.9 Å². The molecule has 0 aromatic carbocycles. The van der Waals surface area contributed by atoms with Crippen LogP contribution in [-0.4, -0.2) is 85.8 Å². The van der Waals surface area contributed by atoms with Crippen molar-refractivity contribution >= 4 is 35.8 Å². The zero-order chi connectivity index (χ0) is 20.5. The number of likely N-dealkylation sites (tertiary alicyclic amines) is 1. The molecule has 30 heavy (non-hydrogen) atoms. The lowest BCUT2D eigenvalue weighted by Gasteiger charge is -2.34. The monoisotopic (exact) mass is 530 g/mol. The molecule has 0 aliphatic carbocycles. The number of nitrogens with one attached hydrogen (secondary N) is 1. The van der Waals surface area contributed by atoms with Gasteiger partial charge in [0.05, 0.1) is 12.6 Å².